The zero-order valence-electron chi connectivity index (χ0n) is 9.40. The van der Waals surface area contributed by atoms with Crippen LogP contribution in [0, 0.1) is 11.8 Å². The molecule has 0 radical (unpaired) electrons. The van der Waals surface area contributed by atoms with Crippen molar-refractivity contribution in [2.24, 2.45) is 0 Å². The minimum atomic E-state index is -0.334. The minimum Gasteiger partial charge on any atom is -0.497 e. The lowest BCUT2D eigenvalue weighted by atomic mass is 10.2. The first-order chi connectivity index (χ1) is 7.80. The van der Waals surface area contributed by atoms with Crippen LogP contribution in [0.5, 0.6) is 5.75 Å². The van der Waals surface area contributed by atoms with Gasteiger partial charge in [0.25, 0.3) is 0 Å². The van der Waals surface area contributed by atoms with Gasteiger partial charge in [-0.05, 0) is 24.3 Å². The van der Waals surface area contributed by atoms with Gasteiger partial charge in [0.1, 0.15) is 18.1 Å². The highest BCUT2D eigenvalue weighted by Gasteiger charge is 2.00. The van der Waals surface area contributed by atoms with Crippen LogP contribution in [0.15, 0.2) is 24.3 Å². The summed E-state index contributed by atoms with van der Waals surface area (Å²) >= 11 is 0. The van der Waals surface area contributed by atoms with Crippen molar-refractivity contribution in [1.82, 2.24) is 0 Å². The van der Waals surface area contributed by atoms with Gasteiger partial charge in [-0.25, -0.2) is 0 Å². The smallest absolute Gasteiger partial charge is 0.124 e. The first-order valence-electron chi connectivity index (χ1n) is 4.92. The number of carbonyl (C=O) groups excluding carboxylic acids is 1. The molecule has 0 aliphatic carbocycles. The highest BCUT2D eigenvalue weighted by atomic mass is 16.5. The number of aldehydes is 1. The molecule has 0 N–H and O–H groups in total. The van der Waals surface area contributed by atoms with E-state index in [1.165, 1.54) is 7.11 Å². The van der Waals surface area contributed by atoms with Crippen molar-refractivity contribution in [3.63, 3.8) is 0 Å². The normalized spacial score (nSPS) is 11.1. The molecule has 1 aromatic carbocycles. The second-order valence-electron chi connectivity index (χ2n) is 3.12. The largest absolute Gasteiger partial charge is 0.497 e. The van der Waals surface area contributed by atoms with Gasteiger partial charge >= 0.3 is 0 Å². The van der Waals surface area contributed by atoms with Gasteiger partial charge in [-0.3, -0.25) is 0 Å². The van der Waals surface area contributed by atoms with Crippen molar-refractivity contribution in [3.8, 4) is 17.6 Å². The van der Waals surface area contributed by atoms with Crippen LogP contribution < -0.4 is 4.74 Å². The molecule has 0 heterocycles. The van der Waals surface area contributed by atoms with Crippen molar-refractivity contribution in [2.45, 2.75) is 12.5 Å². The van der Waals surface area contributed by atoms with Gasteiger partial charge in [0.05, 0.1) is 7.11 Å². The van der Waals surface area contributed by atoms with E-state index >= 15 is 0 Å². The van der Waals surface area contributed by atoms with E-state index in [1.807, 2.05) is 24.3 Å². The van der Waals surface area contributed by atoms with Crippen molar-refractivity contribution in [3.05, 3.63) is 29.8 Å². The topological polar surface area (TPSA) is 35.5 Å². The predicted molar refractivity (Wildman–Crippen MR) is 61.4 cm³/mol. The Labute approximate surface area is 95.4 Å². The van der Waals surface area contributed by atoms with Crippen LogP contribution in [0.3, 0.4) is 0 Å². The minimum absolute atomic E-state index is 0.291. The van der Waals surface area contributed by atoms with E-state index < -0.39 is 0 Å². The van der Waals surface area contributed by atoms with E-state index in [9.17, 15) is 4.79 Å². The highest BCUT2D eigenvalue weighted by Crippen LogP contribution is 2.10. The van der Waals surface area contributed by atoms with Gasteiger partial charge in [0.15, 0.2) is 0 Å². The van der Waals surface area contributed by atoms with Crippen LogP contribution >= 0.6 is 0 Å². The first kappa shape index (κ1) is 12.3. The Bertz CT molecular complexity index is 384. The molecule has 0 fully saturated rings. The molecule has 3 heteroatoms. The van der Waals surface area contributed by atoms with Gasteiger partial charge in [0.2, 0.25) is 0 Å². The van der Waals surface area contributed by atoms with Crippen LogP contribution in [0.4, 0.5) is 0 Å². The average Bonchev–Trinajstić information content (AvgIpc) is 2.35. The number of benzene rings is 1. The SMILES string of the molecule is COc1ccc(C#CC(CC=O)OC)cc1. The molecule has 0 saturated heterocycles. The molecular weight excluding hydrogens is 204 g/mol. The third kappa shape index (κ3) is 3.76. The number of hydrogen-bond acceptors (Lipinski definition) is 3. The van der Waals surface area contributed by atoms with Crippen molar-refractivity contribution in [1.29, 1.82) is 0 Å². The summed E-state index contributed by atoms with van der Waals surface area (Å²) < 4.78 is 10.1. The molecule has 1 atom stereocenters. The van der Waals surface area contributed by atoms with E-state index in [-0.39, 0.29) is 6.10 Å². The summed E-state index contributed by atoms with van der Waals surface area (Å²) in [6.07, 6.45) is 0.760. The number of rotatable bonds is 4. The molecule has 0 amide bonds. The molecule has 1 unspecified atom stereocenters. The molecule has 1 rings (SSSR count). The summed E-state index contributed by atoms with van der Waals surface area (Å²) in [7, 11) is 3.16. The molecule has 0 bridgehead atoms. The van der Waals surface area contributed by atoms with Gasteiger partial charge in [-0.15, -0.1) is 0 Å². The number of ether oxygens (including phenoxy) is 2. The van der Waals surface area contributed by atoms with E-state index in [2.05, 4.69) is 11.8 Å². The quantitative estimate of drug-likeness (QED) is 0.569. The van der Waals surface area contributed by atoms with Gasteiger partial charge in [-0.2, -0.15) is 0 Å². The van der Waals surface area contributed by atoms with Crippen molar-refractivity contribution in [2.75, 3.05) is 14.2 Å². The van der Waals surface area contributed by atoms with Crippen LogP contribution in [0.2, 0.25) is 0 Å². The fraction of sp³-hybridized carbons (Fsp3) is 0.308. The third-order valence-corrected chi connectivity index (χ3v) is 2.06. The molecule has 16 heavy (non-hydrogen) atoms. The van der Waals surface area contributed by atoms with Crippen molar-refractivity contribution >= 4 is 6.29 Å². The van der Waals surface area contributed by atoms with Crippen LogP contribution in [0.1, 0.15) is 12.0 Å². The van der Waals surface area contributed by atoms with Gasteiger partial charge in [-0.1, -0.05) is 11.8 Å². The maximum absolute atomic E-state index is 10.3. The van der Waals surface area contributed by atoms with E-state index in [1.54, 1.807) is 7.11 Å². The van der Waals surface area contributed by atoms with Gasteiger partial charge in [0, 0.05) is 19.1 Å². The maximum Gasteiger partial charge on any atom is 0.124 e. The Hall–Kier alpha value is -1.79. The third-order valence-electron chi connectivity index (χ3n) is 2.06. The van der Waals surface area contributed by atoms with E-state index in [4.69, 9.17) is 9.47 Å². The van der Waals surface area contributed by atoms with Gasteiger partial charge < -0.3 is 14.3 Å². The van der Waals surface area contributed by atoms with E-state index in [0.717, 1.165) is 17.6 Å². The first-order valence-corrected chi connectivity index (χ1v) is 4.92. The maximum atomic E-state index is 10.3. The molecule has 0 saturated carbocycles. The highest BCUT2D eigenvalue weighted by molar-refractivity contribution is 5.51. The Balaban J connectivity index is 2.70. The number of hydrogen-bond donors (Lipinski definition) is 0. The Morgan fingerprint density at radius 2 is 2.00 bits per heavy atom. The lowest BCUT2D eigenvalue weighted by Crippen LogP contribution is -2.07. The Morgan fingerprint density at radius 3 is 2.50 bits per heavy atom. The molecule has 0 aromatic heterocycles. The number of methoxy groups -OCH3 is 2. The zero-order valence-corrected chi connectivity index (χ0v) is 9.40. The second kappa shape index (κ2) is 6.65. The summed E-state index contributed by atoms with van der Waals surface area (Å²) in [5.41, 5.74) is 0.869. The fourth-order valence-corrected chi connectivity index (χ4v) is 1.14. The summed E-state index contributed by atoms with van der Waals surface area (Å²) in [5.74, 6) is 6.62. The molecule has 0 spiro atoms. The molecule has 0 aliphatic rings. The Kier molecular flexibility index (Phi) is 5.10. The van der Waals surface area contributed by atoms with Crippen molar-refractivity contribution < 1.29 is 14.3 Å². The monoisotopic (exact) mass is 218 g/mol. The second-order valence-corrected chi connectivity index (χ2v) is 3.12. The lowest BCUT2D eigenvalue weighted by molar-refractivity contribution is -0.109. The lowest BCUT2D eigenvalue weighted by Gasteiger charge is -2.02. The standard InChI is InChI=1S/C13H14O3/c1-15-12-6-3-11(4-7-12)5-8-13(16-2)9-10-14/h3-4,6-7,10,13H,9H2,1-2H3. The molecular formula is C13H14O3. The molecule has 1 aromatic rings. The average molecular weight is 218 g/mol. The molecule has 84 valence electrons. The summed E-state index contributed by atoms with van der Waals surface area (Å²) in [4.78, 5) is 10.3. The summed E-state index contributed by atoms with van der Waals surface area (Å²) in [5, 5.41) is 0. The Morgan fingerprint density at radius 1 is 1.31 bits per heavy atom. The summed E-state index contributed by atoms with van der Waals surface area (Å²) in [6.45, 7) is 0. The molecule has 3 nitrogen and oxygen atoms in total. The van der Waals surface area contributed by atoms with Crippen LogP contribution in [-0.4, -0.2) is 26.6 Å². The zero-order chi connectivity index (χ0) is 11.8. The molecule has 0 aliphatic heterocycles. The summed E-state index contributed by atoms with van der Waals surface area (Å²) in [6, 6.07) is 7.40. The fourth-order valence-electron chi connectivity index (χ4n) is 1.14. The van der Waals surface area contributed by atoms with Crippen LogP contribution in [0.25, 0.3) is 0 Å². The van der Waals surface area contributed by atoms with Crippen LogP contribution in [-0.2, 0) is 9.53 Å². The number of carbonyl (C=O) groups is 1. The van der Waals surface area contributed by atoms with E-state index in [0.29, 0.717) is 6.42 Å². The predicted octanol–water partition coefficient (Wildman–Crippen LogP) is 1.65.